The molecule has 0 saturated heterocycles. The maximum Gasteiger partial charge on any atom is 0.154 e. The number of ether oxygens (including phenoxy) is 1. The van der Waals surface area contributed by atoms with Gasteiger partial charge in [-0.05, 0) is 49.2 Å². The second kappa shape index (κ2) is 12.1. The van der Waals surface area contributed by atoms with Gasteiger partial charge in [-0.15, -0.1) is 0 Å². The molecule has 2 heterocycles. The molecular weight excluding hydrogens is 514 g/mol. The number of pyridine rings is 2. The predicted octanol–water partition coefficient (Wildman–Crippen LogP) is 5.79. The van der Waals surface area contributed by atoms with Crippen LogP contribution in [0.2, 0.25) is 0 Å². The van der Waals surface area contributed by atoms with Gasteiger partial charge in [-0.25, -0.2) is 0 Å². The lowest BCUT2D eigenvalue weighted by Crippen LogP contribution is -2.24. The lowest BCUT2D eigenvalue weighted by atomic mass is 10.4. The molecule has 0 radical (unpaired) electrons. The smallest absolute Gasteiger partial charge is 0.154 e. The van der Waals surface area contributed by atoms with Crippen molar-refractivity contribution in [3.8, 4) is 11.5 Å². The molecule has 5 heteroatoms. The normalized spacial score (nSPS) is 11.0. The number of hydrogen-bond donors (Lipinski definition) is 0. The third kappa shape index (κ3) is 5.66. The van der Waals surface area contributed by atoms with E-state index < -0.39 is 15.8 Å². The van der Waals surface area contributed by atoms with Gasteiger partial charge >= 0.3 is 0 Å². The van der Waals surface area contributed by atoms with E-state index in [0.29, 0.717) is 0 Å². The van der Waals surface area contributed by atoms with Gasteiger partial charge in [-0.2, -0.15) is 0 Å². The van der Waals surface area contributed by atoms with Crippen molar-refractivity contribution in [1.82, 2.24) is 9.97 Å². The molecule has 0 unspecified atom stereocenters. The Bertz CT molecular complexity index is 1430. The average molecular weight is 541 g/mol. The first kappa shape index (κ1) is 25.1. The number of rotatable bonds is 8. The molecule has 39 heavy (non-hydrogen) atoms. The zero-order valence-corrected chi connectivity index (χ0v) is 23.0. The van der Waals surface area contributed by atoms with E-state index in [0.717, 1.165) is 22.1 Å². The minimum Gasteiger partial charge on any atom is -0.453 e. The summed E-state index contributed by atoms with van der Waals surface area (Å²) < 4.78 is 6.80. The lowest BCUT2D eigenvalue weighted by Gasteiger charge is -2.24. The molecule has 0 spiro atoms. The second-order valence-corrected chi connectivity index (χ2v) is 13.2. The van der Waals surface area contributed by atoms with Crippen LogP contribution in [0.3, 0.4) is 0 Å². The molecule has 2 aromatic heterocycles. The Morgan fingerprint density at radius 2 is 0.692 bits per heavy atom. The number of benzene rings is 4. The van der Waals surface area contributed by atoms with Crippen molar-refractivity contribution in [2.45, 2.75) is 0 Å². The topological polar surface area (TPSA) is 35.0 Å². The summed E-state index contributed by atoms with van der Waals surface area (Å²) in [6.45, 7) is 0. The molecule has 0 atom stereocenters. The summed E-state index contributed by atoms with van der Waals surface area (Å²) in [5, 5.41) is 7.29. The van der Waals surface area contributed by atoms with E-state index in [2.05, 4.69) is 143 Å². The van der Waals surface area contributed by atoms with E-state index >= 15 is 0 Å². The van der Waals surface area contributed by atoms with Gasteiger partial charge in [0.1, 0.15) is 0 Å². The first-order chi connectivity index (χ1) is 19.4. The van der Waals surface area contributed by atoms with E-state index in [9.17, 15) is 0 Å². The molecule has 188 valence electrons. The Morgan fingerprint density at radius 3 is 1.00 bits per heavy atom. The molecule has 0 aliphatic heterocycles. The zero-order valence-electron chi connectivity index (χ0n) is 21.2. The van der Waals surface area contributed by atoms with Crippen molar-refractivity contribution in [3.63, 3.8) is 0 Å². The fourth-order valence-electron chi connectivity index (χ4n) is 4.55. The summed E-state index contributed by atoms with van der Waals surface area (Å²) in [7, 11) is -1.71. The molecule has 0 bridgehead atoms. The Morgan fingerprint density at radius 1 is 0.385 bits per heavy atom. The van der Waals surface area contributed by atoms with Crippen molar-refractivity contribution in [2.24, 2.45) is 0 Å². The van der Waals surface area contributed by atoms with Crippen molar-refractivity contribution in [3.05, 3.63) is 158 Å². The summed E-state index contributed by atoms with van der Waals surface area (Å²) in [6, 6.07) is 46.8. The maximum absolute atomic E-state index is 6.80. The van der Waals surface area contributed by atoms with Crippen molar-refractivity contribution in [1.29, 1.82) is 0 Å². The zero-order chi connectivity index (χ0) is 26.3. The van der Waals surface area contributed by atoms with Gasteiger partial charge < -0.3 is 4.74 Å². The Hall–Kier alpha value is -4.16. The summed E-state index contributed by atoms with van der Waals surface area (Å²) in [5.41, 5.74) is 0. The van der Waals surface area contributed by atoms with E-state index in [1.165, 1.54) is 21.2 Å². The van der Waals surface area contributed by atoms with E-state index in [1.54, 1.807) is 0 Å². The summed E-state index contributed by atoms with van der Waals surface area (Å²) in [5.74, 6) is 1.50. The molecule has 0 amide bonds. The SMILES string of the molecule is c1ccc(P(c2ccccc2)c2ccncc2Oc2cnccc2P(c2ccccc2)c2ccccc2)cc1. The Balaban J connectivity index is 1.46. The van der Waals surface area contributed by atoms with Crippen LogP contribution in [0.25, 0.3) is 0 Å². The van der Waals surface area contributed by atoms with Gasteiger partial charge in [-0.1, -0.05) is 121 Å². The highest BCUT2D eigenvalue weighted by molar-refractivity contribution is 7.80. The van der Waals surface area contributed by atoms with Crippen LogP contribution in [0.15, 0.2) is 158 Å². The monoisotopic (exact) mass is 540 g/mol. The van der Waals surface area contributed by atoms with Gasteiger partial charge in [0.25, 0.3) is 0 Å². The standard InChI is InChI=1S/C34H26N2OP2/c1-5-13-27(14-6-1)38(28-15-7-2-8-16-28)33-21-23-35-25-31(33)37-32-26-36-24-22-34(32)39(29-17-9-3-10-18-29)30-19-11-4-12-20-30/h1-26H. The molecule has 4 aromatic carbocycles. The summed E-state index contributed by atoms with van der Waals surface area (Å²) in [6.07, 6.45) is 7.38. The van der Waals surface area contributed by atoms with Crippen LogP contribution in [0, 0.1) is 0 Å². The molecule has 3 nitrogen and oxygen atoms in total. The molecule has 0 fully saturated rings. The van der Waals surface area contributed by atoms with Crippen LogP contribution in [-0.4, -0.2) is 9.97 Å². The molecule has 6 aromatic rings. The van der Waals surface area contributed by atoms with Crippen LogP contribution in [0.1, 0.15) is 0 Å². The highest BCUT2D eigenvalue weighted by atomic mass is 31.1. The number of aromatic nitrogens is 2. The first-order valence-electron chi connectivity index (χ1n) is 12.7. The van der Waals surface area contributed by atoms with Crippen molar-refractivity contribution < 1.29 is 4.74 Å². The Kier molecular flexibility index (Phi) is 7.82. The molecule has 0 N–H and O–H groups in total. The second-order valence-electron chi connectivity index (χ2n) is 8.80. The van der Waals surface area contributed by atoms with Crippen molar-refractivity contribution >= 4 is 47.7 Å². The van der Waals surface area contributed by atoms with Gasteiger partial charge in [0, 0.05) is 23.0 Å². The minimum absolute atomic E-state index is 0.752. The quantitative estimate of drug-likeness (QED) is 0.230. The fourth-order valence-corrected chi connectivity index (χ4v) is 9.22. The van der Waals surface area contributed by atoms with Gasteiger partial charge in [0.2, 0.25) is 0 Å². The average Bonchev–Trinajstić information content (AvgIpc) is 3.01. The van der Waals surface area contributed by atoms with Crippen molar-refractivity contribution in [2.75, 3.05) is 0 Å². The predicted molar refractivity (Wildman–Crippen MR) is 166 cm³/mol. The van der Waals surface area contributed by atoms with Gasteiger partial charge in [0.15, 0.2) is 11.5 Å². The van der Waals surface area contributed by atoms with Gasteiger partial charge in [-0.3, -0.25) is 9.97 Å². The Labute approximate surface area is 231 Å². The molecule has 0 aliphatic rings. The first-order valence-corrected chi connectivity index (χ1v) is 15.4. The molecule has 0 aliphatic carbocycles. The molecule has 6 rings (SSSR count). The third-order valence-electron chi connectivity index (χ3n) is 6.28. The summed E-state index contributed by atoms with van der Waals surface area (Å²) >= 11 is 0. The van der Waals surface area contributed by atoms with Crippen LogP contribution in [0.5, 0.6) is 11.5 Å². The molecule has 0 saturated carbocycles. The highest BCUT2D eigenvalue weighted by Crippen LogP contribution is 2.40. The van der Waals surface area contributed by atoms with Gasteiger partial charge in [0.05, 0.1) is 12.4 Å². The number of hydrogen-bond acceptors (Lipinski definition) is 3. The van der Waals surface area contributed by atoms with E-state index in [4.69, 9.17) is 4.74 Å². The van der Waals surface area contributed by atoms with E-state index in [1.807, 2.05) is 24.8 Å². The summed E-state index contributed by atoms with van der Waals surface area (Å²) in [4.78, 5) is 8.94. The third-order valence-corrected chi connectivity index (χ3v) is 11.2. The maximum atomic E-state index is 6.80. The van der Waals surface area contributed by atoms with Crippen LogP contribution >= 0.6 is 15.8 Å². The fraction of sp³-hybridized carbons (Fsp3) is 0. The minimum atomic E-state index is -0.856. The number of nitrogens with zero attached hydrogens (tertiary/aromatic N) is 2. The van der Waals surface area contributed by atoms with Crippen LogP contribution in [-0.2, 0) is 0 Å². The van der Waals surface area contributed by atoms with Crippen LogP contribution < -0.4 is 36.6 Å². The van der Waals surface area contributed by atoms with E-state index in [-0.39, 0.29) is 0 Å². The largest absolute Gasteiger partial charge is 0.453 e. The molecular formula is C34H26N2OP2. The van der Waals surface area contributed by atoms with Crippen LogP contribution in [0.4, 0.5) is 0 Å². The highest BCUT2D eigenvalue weighted by Gasteiger charge is 2.24. The lowest BCUT2D eigenvalue weighted by molar-refractivity contribution is 0.486.